The van der Waals surface area contributed by atoms with Crippen molar-refractivity contribution in [1.82, 2.24) is 4.98 Å². The summed E-state index contributed by atoms with van der Waals surface area (Å²) >= 11 is 0. The summed E-state index contributed by atoms with van der Waals surface area (Å²) in [6.45, 7) is 0. The molecule has 2 atom stereocenters. The number of para-hydroxylation sites is 1. The van der Waals surface area contributed by atoms with E-state index in [0.29, 0.717) is 11.4 Å². The van der Waals surface area contributed by atoms with Crippen LogP contribution in [-0.4, -0.2) is 4.98 Å². The number of nitrogens with two attached hydrogens (primary N) is 1. The lowest BCUT2D eigenvalue weighted by molar-refractivity contribution is 0.601. The third-order valence-corrected chi connectivity index (χ3v) is 5.88. The van der Waals surface area contributed by atoms with Crippen LogP contribution in [0.3, 0.4) is 0 Å². The molecule has 1 aromatic heterocycles. The summed E-state index contributed by atoms with van der Waals surface area (Å²) in [6, 6.07) is 22.1. The third kappa shape index (κ3) is 2.62. The van der Waals surface area contributed by atoms with Crippen LogP contribution in [-0.2, 0) is 6.42 Å². The highest BCUT2D eigenvalue weighted by molar-refractivity contribution is 5.85. The molecule has 2 nitrogen and oxygen atoms in total. The highest BCUT2D eigenvalue weighted by Crippen LogP contribution is 2.48. The normalized spacial score (nSPS) is 17.1. The number of nitrogens with one attached hydrogen (secondary N) is 1. The van der Waals surface area contributed by atoms with Gasteiger partial charge in [0.2, 0.25) is 0 Å². The molecular weight excluding hydrogens is 335 g/mol. The summed E-state index contributed by atoms with van der Waals surface area (Å²) in [5.74, 6) is 0.273. The molecule has 0 spiro atoms. The zero-order chi connectivity index (χ0) is 18.4. The molecule has 1 heterocycles. The van der Waals surface area contributed by atoms with Crippen LogP contribution in [0.2, 0.25) is 0 Å². The number of anilines is 1. The molecule has 27 heavy (non-hydrogen) atoms. The maximum Gasteiger partial charge on any atom is 0.147 e. The average Bonchev–Trinajstić information content (AvgIpc) is 3.29. The van der Waals surface area contributed by atoms with E-state index >= 15 is 0 Å². The van der Waals surface area contributed by atoms with E-state index in [1.807, 2.05) is 24.4 Å². The van der Waals surface area contributed by atoms with Crippen molar-refractivity contribution in [3.05, 3.63) is 101 Å². The lowest BCUT2D eigenvalue weighted by Gasteiger charge is -2.25. The highest BCUT2D eigenvalue weighted by atomic mass is 19.1. The number of aromatic nitrogens is 1. The van der Waals surface area contributed by atoms with Gasteiger partial charge in [0.1, 0.15) is 5.82 Å². The first-order valence-corrected chi connectivity index (χ1v) is 9.41. The molecule has 3 heteroatoms. The number of rotatable bonds is 3. The second-order valence-electron chi connectivity index (χ2n) is 7.40. The Bertz CT molecular complexity index is 1130. The Morgan fingerprint density at radius 2 is 1.85 bits per heavy atom. The number of aromatic amines is 1. The highest BCUT2D eigenvalue weighted by Gasteiger charge is 2.33. The number of aryl methyl sites for hydroxylation is 1. The number of hydrogen-bond donors (Lipinski definition) is 2. The molecule has 5 rings (SSSR count). The first kappa shape index (κ1) is 16.1. The molecule has 0 aliphatic heterocycles. The number of benzene rings is 3. The summed E-state index contributed by atoms with van der Waals surface area (Å²) in [5.41, 5.74) is 12.6. The van der Waals surface area contributed by atoms with Crippen LogP contribution < -0.4 is 5.73 Å². The van der Waals surface area contributed by atoms with Gasteiger partial charge in [0, 0.05) is 23.2 Å². The third-order valence-electron chi connectivity index (χ3n) is 5.88. The quantitative estimate of drug-likeness (QED) is 0.451. The number of nitrogen functional groups attached to an aromatic ring is 1. The Morgan fingerprint density at radius 3 is 2.74 bits per heavy atom. The molecule has 0 radical (unpaired) electrons. The summed E-state index contributed by atoms with van der Waals surface area (Å²) in [5, 5.41) is 0.951. The molecule has 3 aromatic carbocycles. The van der Waals surface area contributed by atoms with Crippen molar-refractivity contribution in [2.75, 3.05) is 5.73 Å². The molecule has 0 saturated carbocycles. The van der Waals surface area contributed by atoms with E-state index in [4.69, 9.17) is 5.73 Å². The van der Waals surface area contributed by atoms with E-state index in [9.17, 15) is 4.39 Å². The van der Waals surface area contributed by atoms with Crippen molar-refractivity contribution >= 4 is 16.6 Å². The summed E-state index contributed by atoms with van der Waals surface area (Å²) < 4.78 is 14.3. The van der Waals surface area contributed by atoms with Gasteiger partial charge in [-0.25, -0.2) is 4.39 Å². The minimum atomic E-state index is -0.211. The number of fused-ring (bicyclic) bond motifs is 2. The van der Waals surface area contributed by atoms with Crippen molar-refractivity contribution in [2.45, 2.75) is 24.7 Å². The van der Waals surface area contributed by atoms with E-state index in [0.717, 1.165) is 29.5 Å². The molecule has 0 saturated heterocycles. The fourth-order valence-electron chi connectivity index (χ4n) is 4.71. The Labute approximate surface area is 157 Å². The first-order chi connectivity index (χ1) is 13.2. The fraction of sp³-hybridized carbons (Fsp3) is 0.167. The van der Waals surface area contributed by atoms with Gasteiger partial charge in [0.05, 0.1) is 5.52 Å². The monoisotopic (exact) mass is 356 g/mol. The topological polar surface area (TPSA) is 41.8 Å². The first-order valence-electron chi connectivity index (χ1n) is 9.41. The van der Waals surface area contributed by atoms with E-state index in [-0.39, 0.29) is 11.7 Å². The van der Waals surface area contributed by atoms with Crippen LogP contribution in [0.1, 0.15) is 40.5 Å². The van der Waals surface area contributed by atoms with Gasteiger partial charge < -0.3 is 10.7 Å². The van der Waals surface area contributed by atoms with Gasteiger partial charge in [0.15, 0.2) is 0 Å². The summed E-state index contributed by atoms with van der Waals surface area (Å²) in [6.07, 6.45) is 4.14. The lowest BCUT2D eigenvalue weighted by atomic mass is 9.77. The Kier molecular flexibility index (Phi) is 3.75. The van der Waals surface area contributed by atoms with Gasteiger partial charge in [-0.2, -0.15) is 0 Å². The van der Waals surface area contributed by atoms with Crippen LogP contribution in [0.15, 0.2) is 72.9 Å². The minimum absolute atomic E-state index is 0.132. The van der Waals surface area contributed by atoms with Gasteiger partial charge in [-0.1, -0.05) is 48.5 Å². The Morgan fingerprint density at radius 1 is 1.00 bits per heavy atom. The second kappa shape index (κ2) is 6.27. The average molecular weight is 356 g/mol. The summed E-state index contributed by atoms with van der Waals surface area (Å²) in [7, 11) is 0. The number of halogens is 1. The predicted molar refractivity (Wildman–Crippen MR) is 108 cm³/mol. The van der Waals surface area contributed by atoms with Crippen LogP contribution in [0, 0.1) is 5.82 Å². The molecule has 134 valence electrons. The van der Waals surface area contributed by atoms with E-state index in [2.05, 4.69) is 41.4 Å². The molecule has 3 N–H and O–H groups in total. The Balaban J connectivity index is 1.73. The zero-order valence-corrected chi connectivity index (χ0v) is 15.0. The number of hydrogen-bond acceptors (Lipinski definition) is 1. The maximum atomic E-state index is 14.3. The van der Waals surface area contributed by atoms with Crippen molar-refractivity contribution in [3.8, 4) is 0 Å². The van der Waals surface area contributed by atoms with Crippen molar-refractivity contribution in [2.24, 2.45) is 0 Å². The minimum Gasteiger partial charge on any atom is -0.399 e. The van der Waals surface area contributed by atoms with Crippen molar-refractivity contribution < 1.29 is 4.39 Å². The Hall–Kier alpha value is -3.07. The van der Waals surface area contributed by atoms with Crippen LogP contribution in [0.4, 0.5) is 10.1 Å². The number of H-pyrrole nitrogens is 1. The van der Waals surface area contributed by atoms with Crippen LogP contribution in [0.25, 0.3) is 10.9 Å². The molecular formula is C24H21FN2. The molecule has 1 aliphatic rings. The van der Waals surface area contributed by atoms with Crippen LogP contribution in [0.5, 0.6) is 0 Å². The van der Waals surface area contributed by atoms with E-state index in [1.165, 1.54) is 22.8 Å². The predicted octanol–water partition coefficient (Wildman–Crippen LogP) is 5.75. The van der Waals surface area contributed by atoms with Gasteiger partial charge in [-0.05, 0) is 59.2 Å². The van der Waals surface area contributed by atoms with Gasteiger partial charge >= 0.3 is 0 Å². The zero-order valence-electron chi connectivity index (χ0n) is 15.0. The smallest absolute Gasteiger partial charge is 0.147 e. The van der Waals surface area contributed by atoms with Gasteiger partial charge in [-0.15, -0.1) is 0 Å². The molecule has 4 aromatic rings. The molecule has 1 aliphatic carbocycles. The van der Waals surface area contributed by atoms with Gasteiger partial charge in [0.25, 0.3) is 0 Å². The molecule has 0 fully saturated rings. The standard InChI is InChI=1S/C24H21FN2/c25-22-10-4-9-20-21(14-27-24(20)22)23(16-6-3-7-17(26)13-16)19-12-11-15-5-1-2-8-18(15)19/h1-10,13-14,19,23,27H,11-12,26H2. The SMILES string of the molecule is Nc1cccc(C(c2c[nH]c3c(F)cccc23)C2CCc3ccccc32)c1. The van der Waals surface area contributed by atoms with Crippen molar-refractivity contribution in [1.29, 1.82) is 0 Å². The molecule has 0 amide bonds. The largest absolute Gasteiger partial charge is 0.399 e. The van der Waals surface area contributed by atoms with E-state index < -0.39 is 0 Å². The maximum absolute atomic E-state index is 14.3. The van der Waals surface area contributed by atoms with E-state index in [1.54, 1.807) is 6.07 Å². The fourth-order valence-corrected chi connectivity index (χ4v) is 4.71. The lowest BCUT2D eigenvalue weighted by Crippen LogP contribution is -2.11. The van der Waals surface area contributed by atoms with Gasteiger partial charge in [-0.3, -0.25) is 0 Å². The molecule has 2 unspecified atom stereocenters. The van der Waals surface area contributed by atoms with Crippen LogP contribution >= 0.6 is 0 Å². The second-order valence-corrected chi connectivity index (χ2v) is 7.40. The van der Waals surface area contributed by atoms with Crippen molar-refractivity contribution in [3.63, 3.8) is 0 Å². The molecule has 0 bridgehead atoms. The summed E-state index contributed by atoms with van der Waals surface area (Å²) in [4.78, 5) is 3.16.